The van der Waals surface area contributed by atoms with E-state index < -0.39 is 0 Å². The number of dihydropyridines is 3. The predicted octanol–water partition coefficient (Wildman–Crippen LogP) is 8.10. The molecule has 5 nitrogen and oxygen atoms in total. The van der Waals surface area contributed by atoms with Crippen molar-refractivity contribution in [2.24, 2.45) is 17.8 Å². The molecule has 0 spiro atoms. The fourth-order valence-electron chi connectivity index (χ4n) is 3.49. The van der Waals surface area contributed by atoms with E-state index in [4.69, 9.17) is 0 Å². The van der Waals surface area contributed by atoms with Gasteiger partial charge in [0.15, 0.2) is 0 Å². The van der Waals surface area contributed by atoms with E-state index in [-0.39, 0.29) is 5.56 Å². The van der Waals surface area contributed by atoms with E-state index in [1.807, 2.05) is 56.6 Å². The second-order valence-electron chi connectivity index (χ2n) is 11.0. The second-order valence-corrected chi connectivity index (χ2v) is 11.0. The molecular formula is C35H50N4O. The topological polar surface area (TPSA) is 68.9 Å². The van der Waals surface area contributed by atoms with Crippen molar-refractivity contribution in [3.8, 4) is 0 Å². The van der Waals surface area contributed by atoms with Gasteiger partial charge >= 0.3 is 0 Å². The number of rotatable bonds is 4. The van der Waals surface area contributed by atoms with E-state index in [0.29, 0.717) is 23.7 Å². The zero-order valence-corrected chi connectivity index (χ0v) is 25.8. The monoisotopic (exact) mass is 542 g/mol. The zero-order chi connectivity index (χ0) is 30.2. The van der Waals surface area contributed by atoms with Gasteiger partial charge in [0.05, 0.1) is 0 Å². The molecule has 3 aliphatic heterocycles. The summed E-state index contributed by atoms with van der Waals surface area (Å²) in [6.07, 6.45) is 19.9. The molecule has 4 heterocycles. The van der Waals surface area contributed by atoms with Gasteiger partial charge in [-0.3, -0.25) is 4.79 Å². The maximum atomic E-state index is 11.0. The molecule has 0 bridgehead atoms. The second kappa shape index (κ2) is 17.6. The zero-order valence-electron chi connectivity index (χ0n) is 25.8. The van der Waals surface area contributed by atoms with Crippen LogP contribution in [0.3, 0.4) is 0 Å². The molecule has 4 N–H and O–H groups in total. The van der Waals surface area contributed by atoms with Crippen LogP contribution in [-0.2, 0) is 0 Å². The molecule has 0 aromatic carbocycles. The third kappa shape index (κ3) is 13.2. The number of hydrogen-bond donors (Lipinski definition) is 4. The molecule has 0 fully saturated rings. The van der Waals surface area contributed by atoms with Gasteiger partial charge in [0.1, 0.15) is 0 Å². The first-order valence-corrected chi connectivity index (χ1v) is 14.0. The van der Waals surface area contributed by atoms with Crippen molar-refractivity contribution in [3.05, 3.63) is 143 Å². The average Bonchev–Trinajstić information content (AvgIpc) is 2.90. The maximum absolute atomic E-state index is 11.0. The molecular weight excluding hydrogens is 492 g/mol. The van der Waals surface area contributed by atoms with Crippen LogP contribution in [0.25, 0.3) is 0 Å². The molecule has 4 rings (SSSR count). The Kier molecular flexibility index (Phi) is 15.0. The van der Waals surface area contributed by atoms with Crippen LogP contribution in [0, 0.1) is 17.8 Å². The van der Waals surface area contributed by atoms with Gasteiger partial charge in [-0.2, -0.15) is 0 Å². The number of aromatic amines is 1. The Hall–Kier alpha value is -3.99. The van der Waals surface area contributed by atoms with Crippen LogP contribution in [-0.4, -0.2) is 4.98 Å². The molecule has 5 heteroatoms. The summed E-state index contributed by atoms with van der Waals surface area (Å²) in [5, 5.41) is 9.28. The molecule has 0 saturated heterocycles. The van der Waals surface area contributed by atoms with Crippen LogP contribution in [0.2, 0.25) is 0 Å². The van der Waals surface area contributed by atoms with E-state index >= 15 is 0 Å². The number of nitrogens with one attached hydrogen (secondary N) is 4. The quantitative estimate of drug-likeness (QED) is 0.310. The Morgan fingerprint density at radius 1 is 0.700 bits per heavy atom. The Morgan fingerprint density at radius 3 is 1.77 bits per heavy atom. The van der Waals surface area contributed by atoms with Crippen molar-refractivity contribution in [2.45, 2.75) is 61.3 Å². The summed E-state index contributed by atoms with van der Waals surface area (Å²) < 4.78 is 0. The summed E-state index contributed by atoms with van der Waals surface area (Å²) in [7, 11) is 0. The minimum Gasteiger partial charge on any atom is -0.362 e. The first-order chi connectivity index (χ1) is 18.8. The lowest BCUT2D eigenvalue weighted by Gasteiger charge is -2.16. The van der Waals surface area contributed by atoms with Crippen LogP contribution in [0.5, 0.6) is 0 Å². The van der Waals surface area contributed by atoms with Crippen molar-refractivity contribution < 1.29 is 0 Å². The number of aromatic nitrogens is 1. The molecule has 0 radical (unpaired) electrons. The largest absolute Gasteiger partial charge is 0.362 e. The third-order valence-corrected chi connectivity index (χ3v) is 6.09. The fourth-order valence-corrected chi connectivity index (χ4v) is 3.49. The molecule has 3 aliphatic rings. The summed E-state index contributed by atoms with van der Waals surface area (Å²) in [5.74, 6) is 2.05. The highest BCUT2D eigenvalue weighted by Crippen LogP contribution is 2.15. The first-order valence-electron chi connectivity index (χ1n) is 14.0. The van der Waals surface area contributed by atoms with Crippen molar-refractivity contribution in [2.75, 3.05) is 0 Å². The van der Waals surface area contributed by atoms with E-state index in [2.05, 4.69) is 107 Å². The smallest absolute Gasteiger partial charge is 0.251 e. The van der Waals surface area contributed by atoms with E-state index in [1.54, 1.807) is 6.20 Å². The van der Waals surface area contributed by atoms with Crippen molar-refractivity contribution >= 4 is 0 Å². The molecule has 0 unspecified atom stereocenters. The van der Waals surface area contributed by atoms with Crippen molar-refractivity contribution in [3.63, 3.8) is 0 Å². The number of H-pyrrole nitrogens is 1. The highest BCUT2D eigenvalue weighted by Gasteiger charge is 2.05. The maximum Gasteiger partial charge on any atom is 0.251 e. The standard InChI is InChI=1S/3C9H13N.C8H11NO/c1-7(2)9-4-5-10-8(3)6-9;1-7(2)9-5-4-8(3)10-6-9;1-7(2)9-6-4-5-8(3)10-9;1-6(2)7-4-3-5-9-8(7)10/h3*4-7,10H,3H2,1-2H3;3-6H,1-2H3,(H,9,10). The van der Waals surface area contributed by atoms with Gasteiger partial charge in [0.2, 0.25) is 0 Å². The van der Waals surface area contributed by atoms with Crippen LogP contribution in [0.15, 0.2) is 132 Å². The van der Waals surface area contributed by atoms with Crippen molar-refractivity contribution in [1.82, 2.24) is 20.9 Å². The lowest BCUT2D eigenvalue weighted by Crippen LogP contribution is -2.16. The van der Waals surface area contributed by atoms with Gasteiger partial charge in [-0.15, -0.1) is 0 Å². The summed E-state index contributed by atoms with van der Waals surface area (Å²) in [4.78, 5) is 13.6. The van der Waals surface area contributed by atoms with E-state index in [9.17, 15) is 4.79 Å². The molecule has 0 saturated carbocycles. The normalized spacial score (nSPS) is 15.4. The molecule has 1 aromatic rings. The van der Waals surface area contributed by atoms with Crippen LogP contribution < -0.4 is 21.5 Å². The number of hydrogen-bond acceptors (Lipinski definition) is 4. The molecule has 216 valence electrons. The van der Waals surface area contributed by atoms with E-state index in [1.165, 1.54) is 16.8 Å². The number of allylic oxidation sites excluding steroid dienone is 10. The van der Waals surface area contributed by atoms with Gasteiger partial charge in [-0.25, -0.2) is 0 Å². The van der Waals surface area contributed by atoms with Gasteiger partial charge in [0.25, 0.3) is 5.56 Å². The Labute approximate surface area is 242 Å². The van der Waals surface area contributed by atoms with Crippen molar-refractivity contribution in [1.29, 1.82) is 0 Å². The van der Waals surface area contributed by atoms with E-state index in [0.717, 1.165) is 22.7 Å². The van der Waals surface area contributed by atoms with Crippen LogP contribution in [0.1, 0.15) is 66.9 Å². The lowest BCUT2D eigenvalue weighted by atomic mass is 10.0. The van der Waals surface area contributed by atoms with Gasteiger partial charge in [0, 0.05) is 46.9 Å². The third-order valence-electron chi connectivity index (χ3n) is 6.09. The Bertz CT molecular complexity index is 1240. The van der Waals surface area contributed by atoms with Gasteiger partial charge in [-0.05, 0) is 71.3 Å². The SMILES string of the molecule is C=C1C=C(C(C)C)C=CN1.C=C1C=CC(C(C)C)=CN1.C=C1C=CC=C(C(C)C)N1.CC(C)c1ccc[nH]c1=O. The molecule has 0 amide bonds. The Morgan fingerprint density at radius 2 is 1.38 bits per heavy atom. The van der Waals surface area contributed by atoms with Crippen LogP contribution >= 0.6 is 0 Å². The summed E-state index contributed by atoms with van der Waals surface area (Å²) in [5.41, 5.74) is 7.70. The molecule has 40 heavy (non-hydrogen) atoms. The van der Waals surface area contributed by atoms with Gasteiger partial charge < -0.3 is 20.9 Å². The summed E-state index contributed by atoms with van der Waals surface area (Å²) >= 11 is 0. The highest BCUT2D eigenvalue weighted by atomic mass is 16.1. The predicted molar refractivity (Wildman–Crippen MR) is 174 cm³/mol. The fraction of sp³-hybridized carbons (Fsp3) is 0.343. The lowest BCUT2D eigenvalue weighted by molar-refractivity contribution is 0.702. The average molecular weight is 543 g/mol. The molecule has 0 aliphatic carbocycles. The highest BCUT2D eigenvalue weighted by molar-refractivity contribution is 5.34. The molecule has 1 aromatic heterocycles. The molecule has 0 atom stereocenters. The number of pyridine rings is 1. The van der Waals surface area contributed by atoms with Crippen LogP contribution in [0.4, 0.5) is 0 Å². The minimum absolute atomic E-state index is 0.0255. The summed E-state index contributed by atoms with van der Waals surface area (Å²) in [6.45, 7) is 28.4. The summed E-state index contributed by atoms with van der Waals surface area (Å²) in [6, 6.07) is 3.69. The first kappa shape index (κ1) is 34.0. The van der Waals surface area contributed by atoms with Gasteiger partial charge in [-0.1, -0.05) is 93.3 Å². The Balaban J connectivity index is 0.000000267. The minimum atomic E-state index is 0.0255.